The fourth-order valence-corrected chi connectivity index (χ4v) is 1.64. The molecular weight excluding hydrogens is 188 g/mol. The summed E-state index contributed by atoms with van der Waals surface area (Å²) in [5.41, 5.74) is 7.16. The molecular formula is C12H12N2O. The second-order valence-corrected chi connectivity index (χ2v) is 3.42. The number of carbonyl (C=O) groups excluding carboxylic acids is 1. The molecule has 0 aliphatic heterocycles. The summed E-state index contributed by atoms with van der Waals surface area (Å²) >= 11 is 0. The van der Waals surface area contributed by atoms with Crippen molar-refractivity contribution in [3.05, 3.63) is 42.1 Å². The number of hydrogen-bond acceptors (Lipinski definition) is 1. The molecule has 3 nitrogen and oxygen atoms in total. The zero-order valence-electron chi connectivity index (χ0n) is 8.47. The molecule has 0 aliphatic carbocycles. The van der Waals surface area contributed by atoms with Gasteiger partial charge in [-0.1, -0.05) is 18.2 Å². The number of fused-ring (bicyclic) bond motifs is 1. The predicted molar refractivity (Wildman–Crippen MR) is 61.1 cm³/mol. The lowest BCUT2D eigenvalue weighted by atomic mass is 10.2. The molecule has 2 aromatic rings. The molecule has 0 saturated heterocycles. The van der Waals surface area contributed by atoms with Crippen molar-refractivity contribution in [1.29, 1.82) is 0 Å². The van der Waals surface area contributed by atoms with Gasteiger partial charge in [-0.2, -0.15) is 0 Å². The summed E-state index contributed by atoms with van der Waals surface area (Å²) in [6.07, 6.45) is 3.09. The highest BCUT2D eigenvalue weighted by Gasteiger charge is 2.01. The molecule has 76 valence electrons. The Kier molecular flexibility index (Phi) is 2.29. The maximum atomic E-state index is 10.6. The Hall–Kier alpha value is -2.03. The highest BCUT2D eigenvalue weighted by molar-refractivity contribution is 5.91. The lowest BCUT2D eigenvalue weighted by Gasteiger charge is -1.97. The Morgan fingerprint density at radius 1 is 1.40 bits per heavy atom. The van der Waals surface area contributed by atoms with Crippen LogP contribution in [0.3, 0.4) is 0 Å². The van der Waals surface area contributed by atoms with Crippen LogP contribution in [0.25, 0.3) is 17.0 Å². The first-order chi connectivity index (χ1) is 7.18. The number of hydrogen-bond donors (Lipinski definition) is 1. The van der Waals surface area contributed by atoms with Crippen molar-refractivity contribution in [3.63, 3.8) is 0 Å². The van der Waals surface area contributed by atoms with E-state index in [0.717, 1.165) is 16.6 Å². The van der Waals surface area contributed by atoms with Crippen molar-refractivity contribution in [1.82, 2.24) is 4.57 Å². The van der Waals surface area contributed by atoms with Crippen LogP contribution < -0.4 is 5.73 Å². The van der Waals surface area contributed by atoms with E-state index in [0.29, 0.717) is 0 Å². The van der Waals surface area contributed by atoms with Gasteiger partial charge in [-0.25, -0.2) is 0 Å². The van der Waals surface area contributed by atoms with Gasteiger partial charge in [-0.05, 0) is 18.2 Å². The third-order valence-corrected chi connectivity index (χ3v) is 2.41. The number of nitrogens with two attached hydrogens (primary N) is 1. The highest BCUT2D eigenvalue weighted by Crippen LogP contribution is 2.18. The summed E-state index contributed by atoms with van der Waals surface area (Å²) in [7, 11) is 1.96. The highest BCUT2D eigenvalue weighted by atomic mass is 16.1. The molecule has 1 amide bonds. The molecule has 2 N–H and O–H groups in total. The Morgan fingerprint density at radius 2 is 2.13 bits per heavy atom. The summed E-state index contributed by atoms with van der Waals surface area (Å²) in [6.45, 7) is 0. The van der Waals surface area contributed by atoms with Gasteiger partial charge in [0.2, 0.25) is 5.91 Å². The molecule has 0 radical (unpaired) electrons. The van der Waals surface area contributed by atoms with Crippen molar-refractivity contribution >= 4 is 22.9 Å². The third kappa shape index (κ3) is 1.76. The lowest BCUT2D eigenvalue weighted by molar-refractivity contribution is -0.113. The van der Waals surface area contributed by atoms with E-state index in [1.54, 1.807) is 6.08 Å². The fraction of sp³-hybridized carbons (Fsp3) is 0.0833. The summed E-state index contributed by atoms with van der Waals surface area (Å²) in [6, 6.07) is 10.1. The van der Waals surface area contributed by atoms with E-state index in [2.05, 4.69) is 0 Å². The smallest absolute Gasteiger partial charge is 0.241 e. The number of aryl methyl sites for hydroxylation is 1. The summed E-state index contributed by atoms with van der Waals surface area (Å²) in [5.74, 6) is -0.430. The molecule has 1 aromatic carbocycles. The normalized spacial score (nSPS) is 11.3. The molecule has 3 heteroatoms. The number of benzene rings is 1. The standard InChI is InChI=1S/C12H12N2O/c1-14-10(6-7-12(13)15)8-9-4-2-3-5-11(9)14/h2-8H,1H3,(H2,13,15)/b7-6+. The van der Waals surface area contributed by atoms with Gasteiger partial charge in [0, 0.05) is 29.7 Å². The van der Waals surface area contributed by atoms with Gasteiger partial charge in [0.05, 0.1) is 0 Å². The Bertz CT molecular complexity index is 538. The minimum Gasteiger partial charge on any atom is -0.366 e. The predicted octanol–water partition coefficient (Wildman–Crippen LogP) is 1.68. The van der Waals surface area contributed by atoms with Crippen molar-refractivity contribution in [2.75, 3.05) is 0 Å². The van der Waals surface area contributed by atoms with Gasteiger partial charge in [0.25, 0.3) is 0 Å². The van der Waals surface area contributed by atoms with Crippen molar-refractivity contribution in [2.45, 2.75) is 0 Å². The largest absolute Gasteiger partial charge is 0.366 e. The van der Waals surface area contributed by atoms with E-state index in [1.165, 1.54) is 6.08 Å². The second kappa shape index (κ2) is 3.61. The van der Waals surface area contributed by atoms with Gasteiger partial charge in [0.15, 0.2) is 0 Å². The van der Waals surface area contributed by atoms with Crippen LogP contribution in [0.4, 0.5) is 0 Å². The first-order valence-corrected chi connectivity index (χ1v) is 4.70. The van der Waals surface area contributed by atoms with E-state index in [-0.39, 0.29) is 0 Å². The molecule has 0 atom stereocenters. The number of amides is 1. The van der Waals surface area contributed by atoms with Crippen LogP contribution in [0.1, 0.15) is 5.69 Å². The second-order valence-electron chi connectivity index (χ2n) is 3.42. The lowest BCUT2D eigenvalue weighted by Crippen LogP contribution is -2.05. The number of rotatable bonds is 2. The summed E-state index contributed by atoms with van der Waals surface area (Å²) in [4.78, 5) is 10.6. The Labute approximate surface area is 87.8 Å². The van der Waals surface area contributed by atoms with Crippen molar-refractivity contribution in [2.24, 2.45) is 12.8 Å². The fourth-order valence-electron chi connectivity index (χ4n) is 1.64. The molecule has 0 saturated carbocycles. The van der Waals surface area contributed by atoms with E-state index in [1.807, 2.05) is 41.9 Å². The zero-order valence-corrected chi connectivity index (χ0v) is 8.47. The number of aromatic nitrogens is 1. The maximum Gasteiger partial charge on any atom is 0.241 e. The monoisotopic (exact) mass is 200 g/mol. The molecule has 15 heavy (non-hydrogen) atoms. The molecule has 2 rings (SSSR count). The quantitative estimate of drug-likeness (QED) is 0.736. The molecule has 0 aliphatic rings. The van der Waals surface area contributed by atoms with Crippen LogP contribution >= 0.6 is 0 Å². The minimum absolute atomic E-state index is 0.430. The van der Waals surface area contributed by atoms with Gasteiger partial charge >= 0.3 is 0 Å². The topological polar surface area (TPSA) is 48.0 Å². The Morgan fingerprint density at radius 3 is 2.80 bits per heavy atom. The van der Waals surface area contributed by atoms with Crippen LogP contribution in [0.2, 0.25) is 0 Å². The van der Waals surface area contributed by atoms with E-state index in [4.69, 9.17) is 5.73 Å². The van der Waals surface area contributed by atoms with Crippen LogP contribution in [0.15, 0.2) is 36.4 Å². The van der Waals surface area contributed by atoms with Gasteiger partial charge in [-0.3, -0.25) is 4.79 Å². The van der Waals surface area contributed by atoms with Gasteiger partial charge in [-0.15, -0.1) is 0 Å². The molecule has 0 spiro atoms. The van der Waals surface area contributed by atoms with Crippen LogP contribution in [0, 0.1) is 0 Å². The SMILES string of the molecule is Cn1c(/C=C/C(N)=O)cc2ccccc21. The minimum atomic E-state index is -0.430. The van der Waals surface area contributed by atoms with Gasteiger partial charge in [0.1, 0.15) is 0 Å². The summed E-state index contributed by atoms with van der Waals surface area (Å²) < 4.78 is 2.02. The zero-order chi connectivity index (χ0) is 10.8. The first-order valence-electron chi connectivity index (χ1n) is 4.70. The Balaban J connectivity index is 2.53. The number of carbonyl (C=O) groups is 1. The number of primary amides is 1. The van der Waals surface area contributed by atoms with Crippen LogP contribution in [-0.4, -0.2) is 10.5 Å². The average Bonchev–Trinajstić information content (AvgIpc) is 2.54. The van der Waals surface area contributed by atoms with Gasteiger partial charge < -0.3 is 10.3 Å². The van der Waals surface area contributed by atoms with Crippen molar-refractivity contribution in [3.8, 4) is 0 Å². The average molecular weight is 200 g/mol. The number of nitrogens with zero attached hydrogens (tertiary/aromatic N) is 1. The third-order valence-electron chi connectivity index (χ3n) is 2.41. The first kappa shape index (κ1) is 9.52. The number of para-hydroxylation sites is 1. The van der Waals surface area contributed by atoms with E-state index >= 15 is 0 Å². The van der Waals surface area contributed by atoms with E-state index in [9.17, 15) is 4.79 Å². The molecule has 0 bridgehead atoms. The van der Waals surface area contributed by atoms with Crippen LogP contribution in [-0.2, 0) is 11.8 Å². The summed E-state index contributed by atoms with van der Waals surface area (Å²) in [5, 5.41) is 1.16. The molecule has 1 aromatic heterocycles. The maximum absolute atomic E-state index is 10.6. The molecule has 0 fully saturated rings. The molecule has 0 unspecified atom stereocenters. The van der Waals surface area contributed by atoms with E-state index < -0.39 is 5.91 Å². The molecule has 1 heterocycles. The van der Waals surface area contributed by atoms with Crippen LogP contribution in [0.5, 0.6) is 0 Å². The van der Waals surface area contributed by atoms with Crippen molar-refractivity contribution < 1.29 is 4.79 Å².